The maximum absolute atomic E-state index is 11.3. The van der Waals surface area contributed by atoms with E-state index in [0.717, 1.165) is 21.3 Å². The van der Waals surface area contributed by atoms with E-state index in [1.165, 1.54) is 4.72 Å². The lowest BCUT2D eigenvalue weighted by Crippen LogP contribution is -2.30. The van der Waals surface area contributed by atoms with E-state index in [1.54, 1.807) is 0 Å². The van der Waals surface area contributed by atoms with E-state index in [2.05, 4.69) is 13.2 Å². The SMILES string of the molecule is COP(=O)(OC)C(=O)NS(=O)(=O)OC. The van der Waals surface area contributed by atoms with E-state index in [0.29, 0.717) is 0 Å². The summed E-state index contributed by atoms with van der Waals surface area (Å²) >= 11 is 0. The Morgan fingerprint density at radius 1 is 1.21 bits per heavy atom. The summed E-state index contributed by atoms with van der Waals surface area (Å²) in [6.07, 6.45) is 0. The van der Waals surface area contributed by atoms with Gasteiger partial charge in [0.1, 0.15) is 0 Å². The molecule has 0 unspecified atom stereocenters. The molecular weight excluding hydrogens is 237 g/mol. The summed E-state index contributed by atoms with van der Waals surface area (Å²) in [6, 6.07) is 0. The fourth-order valence-electron chi connectivity index (χ4n) is 0.445. The predicted octanol–water partition coefficient (Wildman–Crippen LogP) is 0.0731. The Morgan fingerprint density at radius 3 is 1.93 bits per heavy atom. The van der Waals surface area contributed by atoms with Gasteiger partial charge in [-0.2, -0.15) is 8.42 Å². The third-order valence-corrected chi connectivity index (χ3v) is 3.76. The highest BCUT2D eigenvalue weighted by molar-refractivity contribution is 7.87. The van der Waals surface area contributed by atoms with Crippen molar-refractivity contribution in [3.8, 4) is 0 Å². The summed E-state index contributed by atoms with van der Waals surface area (Å²) in [5, 5.41) is 0. The fourth-order valence-corrected chi connectivity index (χ4v) is 2.01. The molecule has 0 atom stereocenters. The molecule has 0 aliphatic rings. The van der Waals surface area contributed by atoms with E-state index in [4.69, 9.17) is 0 Å². The third kappa shape index (κ3) is 3.35. The molecule has 10 heteroatoms. The second-order valence-electron chi connectivity index (χ2n) is 1.89. The maximum atomic E-state index is 11.3. The van der Waals surface area contributed by atoms with Crippen LogP contribution in [0.15, 0.2) is 0 Å². The van der Waals surface area contributed by atoms with Crippen LogP contribution in [0, 0.1) is 0 Å². The Balaban J connectivity index is 4.74. The van der Waals surface area contributed by atoms with Gasteiger partial charge in [-0.25, -0.2) is 9.29 Å². The minimum Gasteiger partial charge on any atom is -0.305 e. The van der Waals surface area contributed by atoms with Gasteiger partial charge in [0.15, 0.2) is 0 Å². The minimum atomic E-state index is -4.25. The number of hydrogen-bond acceptors (Lipinski definition) is 7. The zero-order valence-corrected chi connectivity index (χ0v) is 9.42. The molecule has 84 valence electrons. The molecule has 0 saturated carbocycles. The predicted molar refractivity (Wildman–Crippen MR) is 46.1 cm³/mol. The Kier molecular flexibility index (Phi) is 4.69. The van der Waals surface area contributed by atoms with Gasteiger partial charge in [-0.1, -0.05) is 0 Å². The van der Waals surface area contributed by atoms with Crippen LogP contribution < -0.4 is 4.72 Å². The van der Waals surface area contributed by atoms with E-state index in [9.17, 15) is 17.8 Å². The molecule has 0 fully saturated rings. The van der Waals surface area contributed by atoms with Crippen LogP contribution >= 0.6 is 7.60 Å². The first-order chi connectivity index (χ1) is 6.31. The minimum absolute atomic E-state index is 0.833. The number of carbonyl (C=O) groups excluding carboxylic acids is 1. The van der Waals surface area contributed by atoms with Crippen molar-refractivity contribution in [3.63, 3.8) is 0 Å². The molecular formula is C4H10NO7PS. The lowest BCUT2D eigenvalue weighted by Gasteiger charge is -2.11. The smallest absolute Gasteiger partial charge is 0.305 e. The van der Waals surface area contributed by atoms with Crippen molar-refractivity contribution in [2.45, 2.75) is 0 Å². The van der Waals surface area contributed by atoms with Gasteiger partial charge in [0.25, 0.3) is 0 Å². The van der Waals surface area contributed by atoms with E-state index in [1.807, 2.05) is 0 Å². The molecule has 0 aromatic heterocycles. The molecule has 0 spiro atoms. The Labute approximate surface area is 81.3 Å². The average Bonchev–Trinajstić information content (AvgIpc) is 2.16. The van der Waals surface area contributed by atoms with Gasteiger partial charge < -0.3 is 9.05 Å². The second-order valence-corrected chi connectivity index (χ2v) is 5.47. The van der Waals surface area contributed by atoms with E-state index >= 15 is 0 Å². The normalized spacial score (nSPS) is 12.5. The number of rotatable bonds is 5. The van der Waals surface area contributed by atoms with Crippen molar-refractivity contribution in [2.75, 3.05) is 21.3 Å². The van der Waals surface area contributed by atoms with Crippen molar-refractivity contribution >= 4 is 23.5 Å². The van der Waals surface area contributed by atoms with Crippen LogP contribution in [0.3, 0.4) is 0 Å². The maximum Gasteiger partial charge on any atom is 0.418 e. The van der Waals surface area contributed by atoms with Crippen molar-refractivity contribution in [1.29, 1.82) is 0 Å². The average molecular weight is 247 g/mol. The lowest BCUT2D eigenvalue weighted by atomic mass is 11.4. The Bertz CT molecular complexity index is 341. The molecule has 0 aromatic rings. The number of nitrogens with one attached hydrogen (secondary N) is 1. The molecule has 1 N–H and O–H groups in total. The highest BCUT2D eigenvalue weighted by atomic mass is 32.2. The fraction of sp³-hybridized carbons (Fsp3) is 0.750. The summed E-state index contributed by atoms with van der Waals surface area (Å²) in [5.74, 6) is 0. The number of amides is 1. The van der Waals surface area contributed by atoms with E-state index in [-0.39, 0.29) is 0 Å². The molecule has 0 aliphatic heterocycles. The van der Waals surface area contributed by atoms with Crippen LogP contribution in [0.1, 0.15) is 0 Å². The zero-order chi connectivity index (χ0) is 11.4. The van der Waals surface area contributed by atoms with Crippen molar-refractivity contribution < 1.29 is 31.0 Å². The highest BCUT2D eigenvalue weighted by Gasteiger charge is 2.35. The van der Waals surface area contributed by atoms with Crippen LogP contribution in [-0.2, 0) is 28.1 Å². The molecule has 0 rings (SSSR count). The first kappa shape index (κ1) is 13.5. The topological polar surface area (TPSA) is 108 Å². The molecule has 0 aromatic carbocycles. The largest absolute Gasteiger partial charge is 0.418 e. The summed E-state index contributed by atoms with van der Waals surface area (Å²) in [5.41, 5.74) is -1.41. The van der Waals surface area contributed by atoms with Crippen LogP contribution in [0.4, 0.5) is 4.79 Å². The molecule has 8 nitrogen and oxygen atoms in total. The summed E-state index contributed by atoms with van der Waals surface area (Å²) in [6.45, 7) is 0. The van der Waals surface area contributed by atoms with E-state index < -0.39 is 23.5 Å². The van der Waals surface area contributed by atoms with Crippen molar-refractivity contribution in [2.24, 2.45) is 0 Å². The van der Waals surface area contributed by atoms with Gasteiger partial charge in [-0.3, -0.25) is 8.98 Å². The Morgan fingerprint density at radius 2 is 1.64 bits per heavy atom. The van der Waals surface area contributed by atoms with Crippen LogP contribution in [0.5, 0.6) is 0 Å². The van der Waals surface area contributed by atoms with Gasteiger partial charge >= 0.3 is 23.5 Å². The standard InChI is InChI=1S/C4H10NO7PS/c1-10-13(7,11-2)4(6)5-14(8,9)12-3/h1-3H3,(H,5,6). The summed E-state index contributed by atoms with van der Waals surface area (Å²) in [7, 11) is -5.62. The molecule has 0 radical (unpaired) electrons. The first-order valence-corrected chi connectivity index (χ1v) is 6.11. The molecule has 1 amide bonds. The Hall–Kier alpha value is -0.470. The quantitative estimate of drug-likeness (QED) is 0.685. The van der Waals surface area contributed by atoms with Gasteiger partial charge in [-0.15, -0.1) is 0 Å². The highest BCUT2D eigenvalue weighted by Crippen LogP contribution is 2.46. The molecule has 0 bridgehead atoms. The van der Waals surface area contributed by atoms with Crippen molar-refractivity contribution in [3.05, 3.63) is 0 Å². The first-order valence-electron chi connectivity index (χ1n) is 3.15. The summed E-state index contributed by atoms with van der Waals surface area (Å²) in [4.78, 5) is 11.0. The summed E-state index contributed by atoms with van der Waals surface area (Å²) < 4.78 is 46.4. The molecule has 0 saturated heterocycles. The molecule has 0 aliphatic carbocycles. The molecule has 14 heavy (non-hydrogen) atoms. The number of hydrogen-bond donors (Lipinski definition) is 1. The van der Waals surface area contributed by atoms with Crippen molar-refractivity contribution in [1.82, 2.24) is 4.72 Å². The van der Waals surface area contributed by atoms with Gasteiger partial charge in [0.2, 0.25) is 0 Å². The molecule has 0 heterocycles. The van der Waals surface area contributed by atoms with Gasteiger partial charge in [0, 0.05) is 14.2 Å². The van der Waals surface area contributed by atoms with Crippen LogP contribution in [0.25, 0.3) is 0 Å². The van der Waals surface area contributed by atoms with Gasteiger partial charge in [-0.05, 0) is 0 Å². The second kappa shape index (κ2) is 4.85. The van der Waals surface area contributed by atoms with Crippen LogP contribution in [-0.4, -0.2) is 35.4 Å². The third-order valence-electron chi connectivity index (χ3n) is 1.16. The monoisotopic (exact) mass is 247 g/mol. The van der Waals surface area contributed by atoms with Gasteiger partial charge in [0.05, 0.1) is 7.11 Å². The number of carbonyl (C=O) groups is 1. The lowest BCUT2D eigenvalue weighted by molar-refractivity contribution is 0.236. The van der Waals surface area contributed by atoms with Crippen LogP contribution in [0.2, 0.25) is 0 Å². The zero-order valence-electron chi connectivity index (χ0n) is 7.71.